The smallest absolute Gasteiger partial charge is 0.248 e. The van der Waals surface area contributed by atoms with E-state index < -0.39 is 6.04 Å². The molecule has 0 radical (unpaired) electrons. The first-order chi connectivity index (χ1) is 13.7. The number of benzene rings is 2. The van der Waals surface area contributed by atoms with E-state index >= 15 is 0 Å². The zero-order valence-electron chi connectivity index (χ0n) is 15.4. The number of hydrogen-bond acceptors (Lipinski definition) is 5. The van der Waals surface area contributed by atoms with Crippen LogP contribution in [0.25, 0.3) is 0 Å². The maximum atomic E-state index is 13.2. The maximum Gasteiger partial charge on any atom is 0.248 e. The number of halogens is 1. The Balaban J connectivity index is 1.45. The Labute approximate surface area is 162 Å². The van der Waals surface area contributed by atoms with E-state index in [0.29, 0.717) is 32.6 Å². The number of nitrogens with zero attached hydrogens (tertiary/aromatic N) is 6. The van der Waals surface area contributed by atoms with Gasteiger partial charge in [-0.1, -0.05) is 30.3 Å². The molecular formula is C20H21FN6O. The van der Waals surface area contributed by atoms with Gasteiger partial charge in [0.05, 0.1) is 0 Å². The number of anilines is 1. The van der Waals surface area contributed by atoms with Crippen LogP contribution in [0.15, 0.2) is 60.9 Å². The highest BCUT2D eigenvalue weighted by Crippen LogP contribution is 2.20. The lowest BCUT2D eigenvalue weighted by atomic mass is 10.0. The minimum Gasteiger partial charge on any atom is -0.368 e. The van der Waals surface area contributed by atoms with Gasteiger partial charge in [-0.3, -0.25) is 4.79 Å². The summed E-state index contributed by atoms with van der Waals surface area (Å²) in [4.78, 5) is 17.2. The van der Waals surface area contributed by atoms with Crippen LogP contribution >= 0.6 is 0 Å². The number of hydrogen-bond donors (Lipinski definition) is 0. The molecule has 0 saturated carbocycles. The largest absolute Gasteiger partial charge is 0.368 e. The molecule has 0 spiro atoms. The van der Waals surface area contributed by atoms with Crippen LogP contribution in [-0.4, -0.2) is 57.2 Å². The van der Waals surface area contributed by atoms with Crippen LogP contribution in [0.2, 0.25) is 0 Å². The van der Waals surface area contributed by atoms with Crippen molar-refractivity contribution in [3.05, 3.63) is 72.3 Å². The average Bonchev–Trinajstić information content (AvgIpc) is 3.28. The van der Waals surface area contributed by atoms with Crippen molar-refractivity contribution in [1.29, 1.82) is 0 Å². The van der Waals surface area contributed by atoms with Gasteiger partial charge in [-0.05, 0) is 40.3 Å². The molecule has 0 N–H and O–H groups in total. The molecular weight excluding hydrogens is 359 g/mol. The van der Waals surface area contributed by atoms with Crippen LogP contribution in [0, 0.1) is 5.82 Å². The Morgan fingerprint density at radius 1 is 1.00 bits per heavy atom. The molecule has 1 aliphatic rings. The topological polar surface area (TPSA) is 67.2 Å². The highest BCUT2D eigenvalue weighted by Gasteiger charge is 2.29. The molecule has 1 amide bonds. The third-order valence-electron chi connectivity index (χ3n) is 5.02. The van der Waals surface area contributed by atoms with E-state index in [1.807, 2.05) is 35.2 Å². The van der Waals surface area contributed by atoms with E-state index in [4.69, 9.17) is 0 Å². The number of piperazine rings is 1. The van der Waals surface area contributed by atoms with Crippen molar-refractivity contribution in [3.63, 3.8) is 0 Å². The van der Waals surface area contributed by atoms with E-state index in [0.717, 1.165) is 11.3 Å². The third-order valence-corrected chi connectivity index (χ3v) is 5.02. The molecule has 28 heavy (non-hydrogen) atoms. The van der Waals surface area contributed by atoms with E-state index in [1.165, 1.54) is 23.1 Å². The Bertz CT molecular complexity index is 892. The van der Waals surface area contributed by atoms with Gasteiger partial charge in [-0.25, -0.2) is 9.07 Å². The SMILES string of the molecule is O=C([C@@H](Cc1ccccc1)n1cnnn1)N1CCN(c2ccc(F)cc2)CC1. The molecule has 8 heteroatoms. The van der Waals surface area contributed by atoms with Crippen molar-refractivity contribution < 1.29 is 9.18 Å². The average molecular weight is 380 g/mol. The van der Waals surface area contributed by atoms with Gasteiger partial charge in [-0.2, -0.15) is 0 Å². The fourth-order valence-corrected chi connectivity index (χ4v) is 3.49. The quantitative estimate of drug-likeness (QED) is 0.677. The number of aromatic nitrogens is 4. The van der Waals surface area contributed by atoms with Crippen molar-refractivity contribution >= 4 is 11.6 Å². The van der Waals surface area contributed by atoms with E-state index in [9.17, 15) is 9.18 Å². The minimum atomic E-state index is -0.477. The van der Waals surface area contributed by atoms with Crippen molar-refractivity contribution in [1.82, 2.24) is 25.1 Å². The molecule has 0 bridgehead atoms. The van der Waals surface area contributed by atoms with Gasteiger partial charge in [0.1, 0.15) is 18.2 Å². The molecule has 3 aromatic rings. The lowest BCUT2D eigenvalue weighted by Gasteiger charge is -2.37. The van der Waals surface area contributed by atoms with Crippen molar-refractivity contribution in [2.24, 2.45) is 0 Å². The van der Waals surface area contributed by atoms with Crippen LogP contribution in [0.3, 0.4) is 0 Å². The molecule has 2 aromatic carbocycles. The maximum absolute atomic E-state index is 13.2. The second kappa shape index (κ2) is 8.16. The summed E-state index contributed by atoms with van der Waals surface area (Å²) in [7, 11) is 0. The van der Waals surface area contributed by atoms with Gasteiger partial charge >= 0.3 is 0 Å². The molecule has 144 valence electrons. The molecule has 7 nitrogen and oxygen atoms in total. The standard InChI is InChI=1S/C20H21FN6O/c21-17-6-8-18(9-7-17)25-10-12-26(13-11-25)20(28)19(27-15-22-23-24-27)14-16-4-2-1-3-5-16/h1-9,15,19H,10-14H2/t19-/m1/s1. The van der Waals surface area contributed by atoms with Gasteiger partial charge < -0.3 is 9.80 Å². The Morgan fingerprint density at radius 3 is 2.36 bits per heavy atom. The van der Waals surface area contributed by atoms with Gasteiger partial charge in [-0.15, -0.1) is 5.10 Å². The minimum absolute atomic E-state index is 0.00918. The number of carbonyl (C=O) groups is 1. The summed E-state index contributed by atoms with van der Waals surface area (Å²) >= 11 is 0. The van der Waals surface area contributed by atoms with Crippen LogP contribution in [0.4, 0.5) is 10.1 Å². The number of tetrazole rings is 1. The third kappa shape index (κ3) is 4.00. The highest BCUT2D eigenvalue weighted by atomic mass is 19.1. The van der Waals surface area contributed by atoms with Gasteiger partial charge in [0.15, 0.2) is 0 Å². The molecule has 1 saturated heterocycles. The van der Waals surface area contributed by atoms with Gasteiger partial charge in [0, 0.05) is 38.3 Å². The number of carbonyl (C=O) groups excluding carboxylic acids is 1. The van der Waals surface area contributed by atoms with E-state index in [-0.39, 0.29) is 11.7 Å². The zero-order valence-corrected chi connectivity index (χ0v) is 15.4. The summed E-state index contributed by atoms with van der Waals surface area (Å²) in [6.07, 6.45) is 2.02. The van der Waals surface area contributed by atoms with Crippen molar-refractivity contribution in [3.8, 4) is 0 Å². The Kier molecular flexibility index (Phi) is 5.27. The molecule has 1 aromatic heterocycles. The molecule has 1 fully saturated rings. The number of amides is 1. The van der Waals surface area contributed by atoms with Crippen LogP contribution in [0.1, 0.15) is 11.6 Å². The normalized spacial score (nSPS) is 15.5. The summed E-state index contributed by atoms with van der Waals surface area (Å²) in [5.41, 5.74) is 2.02. The first-order valence-corrected chi connectivity index (χ1v) is 9.26. The van der Waals surface area contributed by atoms with E-state index in [1.54, 1.807) is 12.1 Å². The molecule has 1 aliphatic heterocycles. The lowest BCUT2D eigenvalue weighted by Crippen LogP contribution is -2.51. The molecule has 1 atom stereocenters. The second-order valence-corrected chi connectivity index (χ2v) is 6.78. The summed E-state index contributed by atoms with van der Waals surface area (Å²) < 4.78 is 14.7. The summed E-state index contributed by atoms with van der Waals surface area (Å²) in [6.45, 7) is 2.60. The predicted molar refractivity (Wildman–Crippen MR) is 102 cm³/mol. The molecule has 0 unspecified atom stereocenters. The zero-order chi connectivity index (χ0) is 19.3. The highest BCUT2D eigenvalue weighted by molar-refractivity contribution is 5.81. The van der Waals surface area contributed by atoms with Crippen LogP contribution in [0.5, 0.6) is 0 Å². The summed E-state index contributed by atoms with van der Waals surface area (Å²) in [5, 5.41) is 11.3. The summed E-state index contributed by atoms with van der Waals surface area (Å²) in [6, 6.07) is 15.8. The van der Waals surface area contributed by atoms with E-state index in [2.05, 4.69) is 20.4 Å². The first-order valence-electron chi connectivity index (χ1n) is 9.26. The fraction of sp³-hybridized carbons (Fsp3) is 0.300. The van der Waals surface area contributed by atoms with Crippen LogP contribution < -0.4 is 4.90 Å². The first kappa shape index (κ1) is 18.1. The summed E-state index contributed by atoms with van der Waals surface area (Å²) in [5.74, 6) is -0.238. The second-order valence-electron chi connectivity index (χ2n) is 6.78. The van der Waals surface area contributed by atoms with Crippen molar-refractivity contribution in [2.75, 3.05) is 31.1 Å². The fourth-order valence-electron chi connectivity index (χ4n) is 3.49. The van der Waals surface area contributed by atoms with Gasteiger partial charge in [0.2, 0.25) is 5.91 Å². The lowest BCUT2D eigenvalue weighted by molar-refractivity contribution is -0.135. The Hall–Kier alpha value is -3.29. The Morgan fingerprint density at radius 2 is 1.71 bits per heavy atom. The monoisotopic (exact) mass is 380 g/mol. The predicted octanol–water partition coefficient (Wildman–Crippen LogP) is 1.94. The number of rotatable bonds is 5. The van der Waals surface area contributed by atoms with Crippen LogP contribution in [-0.2, 0) is 11.2 Å². The molecule has 0 aliphatic carbocycles. The molecule has 4 rings (SSSR count). The van der Waals surface area contributed by atoms with Gasteiger partial charge in [0.25, 0.3) is 0 Å². The van der Waals surface area contributed by atoms with Crippen molar-refractivity contribution in [2.45, 2.75) is 12.5 Å². The molecule has 2 heterocycles.